The van der Waals surface area contributed by atoms with Gasteiger partial charge in [0.15, 0.2) is 9.84 Å². The highest BCUT2D eigenvalue weighted by Crippen LogP contribution is 2.20. The molecule has 1 aromatic carbocycles. The van der Waals surface area contributed by atoms with Crippen LogP contribution in [0, 0.1) is 0 Å². The number of sulfone groups is 1. The Balaban J connectivity index is 1.86. The maximum Gasteiger partial charge on any atom is 0.153 e. The summed E-state index contributed by atoms with van der Waals surface area (Å²) in [5, 5.41) is 3.38. The van der Waals surface area contributed by atoms with Crippen LogP contribution < -0.4 is 15.0 Å². The average Bonchev–Trinajstić information content (AvgIpc) is 2.77. The van der Waals surface area contributed by atoms with Crippen molar-refractivity contribution in [2.45, 2.75) is 13.3 Å². The Morgan fingerprint density at radius 1 is 1.19 bits per heavy atom. The highest BCUT2D eigenvalue weighted by atomic mass is 32.2. The topological polar surface area (TPSA) is 58.6 Å². The molecule has 0 aliphatic carbocycles. The monoisotopic (exact) mass is 312 g/mol. The van der Waals surface area contributed by atoms with Crippen molar-refractivity contribution in [2.24, 2.45) is 0 Å². The number of benzene rings is 1. The molecule has 0 amide bonds. The molecule has 1 saturated heterocycles. The van der Waals surface area contributed by atoms with Crippen molar-refractivity contribution >= 4 is 15.5 Å². The molecule has 1 aliphatic heterocycles. The number of hydrogen-bond acceptors (Lipinski definition) is 5. The Kier molecular flexibility index (Phi) is 5.87. The SMILES string of the molecule is CCS(=O)(=O)CCOc1ccc(N2CCCNCC2)cc1. The molecule has 118 valence electrons. The Labute approximate surface area is 127 Å². The number of nitrogens with one attached hydrogen (secondary N) is 1. The maximum atomic E-state index is 11.4. The molecule has 2 rings (SSSR count). The molecule has 0 aromatic heterocycles. The second-order valence-electron chi connectivity index (χ2n) is 5.17. The lowest BCUT2D eigenvalue weighted by Gasteiger charge is -2.22. The molecule has 1 aliphatic rings. The van der Waals surface area contributed by atoms with Crippen LogP contribution in [0.4, 0.5) is 5.69 Å². The number of nitrogens with zero attached hydrogens (tertiary/aromatic N) is 1. The van der Waals surface area contributed by atoms with E-state index in [1.807, 2.05) is 24.3 Å². The normalized spacial score (nSPS) is 16.5. The Hall–Kier alpha value is -1.27. The van der Waals surface area contributed by atoms with Crippen LogP contribution in [-0.4, -0.2) is 52.7 Å². The van der Waals surface area contributed by atoms with E-state index in [9.17, 15) is 8.42 Å². The molecule has 0 radical (unpaired) electrons. The van der Waals surface area contributed by atoms with E-state index in [1.165, 1.54) is 5.69 Å². The van der Waals surface area contributed by atoms with Crippen LogP contribution in [0.1, 0.15) is 13.3 Å². The minimum Gasteiger partial charge on any atom is -0.493 e. The van der Waals surface area contributed by atoms with E-state index in [0.29, 0.717) is 0 Å². The number of hydrogen-bond donors (Lipinski definition) is 1. The summed E-state index contributed by atoms with van der Waals surface area (Å²) >= 11 is 0. The van der Waals surface area contributed by atoms with Gasteiger partial charge in [-0.1, -0.05) is 6.92 Å². The van der Waals surface area contributed by atoms with Crippen molar-refractivity contribution < 1.29 is 13.2 Å². The molecule has 0 saturated carbocycles. The minimum absolute atomic E-state index is 0.0725. The molecule has 0 unspecified atom stereocenters. The summed E-state index contributed by atoms with van der Waals surface area (Å²) in [5.41, 5.74) is 1.19. The van der Waals surface area contributed by atoms with Gasteiger partial charge < -0.3 is 15.0 Å². The van der Waals surface area contributed by atoms with E-state index in [1.54, 1.807) is 6.92 Å². The van der Waals surface area contributed by atoms with E-state index in [0.717, 1.165) is 38.3 Å². The second kappa shape index (κ2) is 7.66. The third-order valence-electron chi connectivity index (χ3n) is 3.64. The highest BCUT2D eigenvalue weighted by Gasteiger charge is 2.10. The molecule has 1 heterocycles. The first-order chi connectivity index (χ1) is 10.1. The zero-order chi connectivity index (χ0) is 15.1. The highest BCUT2D eigenvalue weighted by molar-refractivity contribution is 7.91. The average molecular weight is 312 g/mol. The number of ether oxygens (including phenoxy) is 1. The van der Waals surface area contributed by atoms with Gasteiger partial charge in [-0.15, -0.1) is 0 Å². The van der Waals surface area contributed by atoms with Gasteiger partial charge in [-0.2, -0.15) is 0 Å². The largest absolute Gasteiger partial charge is 0.493 e. The van der Waals surface area contributed by atoms with Gasteiger partial charge in [0, 0.05) is 31.1 Å². The fraction of sp³-hybridized carbons (Fsp3) is 0.600. The molecule has 21 heavy (non-hydrogen) atoms. The summed E-state index contributed by atoms with van der Waals surface area (Å²) in [6.07, 6.45) is 1.15. The fourth-order valence-electron chi connectivity index (χ4n) is 2.29. The van der Waals surface area contributed by atoms with Crippen LogP contribution in [0.15, 0.2) is 24.3 Å². The summed E-state index contributed by atoms with van der Waals surface area (Å²) in [6.45, 7) is 6.01. The van der Waals surface area contributed by atoms with Crippen LogP contribution in [0.3, 0.4) is 0 Å². The Bertz CT molecular complexity index is 520. The van der Waals surface area contributed by atoms with Crippen LogP contribution in [0.2, 0.25) is 0 Å². The van der Waals surface area contributed by atoms with Gasteiger partial charge in [0.05, 0.1) is 5.75 Å². The standard InChI is InChI=1S/C15H24N2O3S/c1-2-21(18,19)13-12-20-15-6-4-14(5-7-15)17-10-3-8-16-9-11-17/h4-7,16H,2-3,8-13H2,1H3. The summed E-state index contributed by atoms with van der Waals surface area (Å²) in [6, 6.07) is 7.89. The summed E-state index contributed by atoms with van der Waals surface area (Å²) in [5.74, 6) is 0.958. The van der Waals surface area contributed by atoms with Crippen LogP contribution in [0.25, 0.3) is 0 Å². The van der Waals surface area contributed by atoms with E-state index >= 15 is 0 Å². The molecule has 1 aromatic rings. The van der Waals surface area contributed by atoms with Gasteiger partial charge in [-0.3, -0.25) is 0 Å². The predicted octanol–water partition coefficient (Wildman–Crippen LogP) is 1.30. The van der Waals surface area contributed by atoms with Crippen molar-refractivity contribution in [3.8, 4) is 5.75 Å². The van der Waals surface area contributed by atoms with Crippen molar-refractivity contribution in [3.05, 3.63) is 24.3 Å². The molecule has 0 spiro atoms. The second-order valence-corrected chi connectivity index (χ2v) is 7.64. The molecule has 1 N–H and O–H groups in total. The third-order valence-corrected chi connectivity index (χ3v) is 5.31. The van der Waals surface area contributed by atoms with Crippen LogP contribution >= 0.6 is 0 Å². The quantitative estimate of drug-likeness (QED) is 0.858. The first kappa shape index (κ1) is 16.1. The van der Waals surface area contributed by atoms with Gasteiger partial charge in [0.1, 0.15) is 12.4 Å². The van der Waals surface area contributed by atoms with Crippen molar-refractivity contribution in [1.29, 1.82) is 0 Å². The zero-order valence-corrected chi connectivity index (χ0v) is 13.4. The molecular weight excluding hydrogens is 288 g/mol. The fourth-order valence-corrected chi connectivity index (χ4v) is 2.91. The van der Waals surface area contributed by atoms with E-state index in [-0.39, 0.29) is 18.1 Å². The Morgan fingerprint density at radius 3 is 2.67 bits per heavy atom. The van der Waals surface area contributed by atoms with Gasteiger partial charge in [-0.05, 0) is 37.2 Å². The van der Waals surface area contributed by atoms with Crippen molar-refractivity contribution in [3.63, 3.8) is 0 Å². The lowest BCUT2D eigenvalue weighted by atomic mass is 10.2. The van der Waals surface area contributed by atoms with Gasteiger partial charge in [-0.25, -0.2) is 8.42 Å². The predicted molar refractivity (Wildman–Crippen MR) is 86.0 cm³/mol. The summed E-state index contributed by atoms with van der Waals surface area (Å²) in [4.78, 5) is 2.35. The molecule has 5 nitrogen and oxygen atoms in total. The van der Waals surface area contributed by atoms with E-state index < -0.39 is 9.84 Å². The molecule has 0 bridgehead atoms. The zero-order valence-electron chi connectivity index (χ0n) is 12.5. The molecule has 1 fully saturated rings. The van der Waals surface area contributed by atoms with Crippen LogP contribution in [-0.2, 0) is 9.84 Å². The number of anilines is 1. The lowest BCUT2D eigenvalue weighted by Crippen LogP contribution is -2.27. The first-order valence-corrected chi connectivity index (χ1v) is 9.32. The summed E-state index contributed by atoms with van der Waals surface area (Å²) in [7, 11) is -2.96. The van der Waals surface area contributed by atoms with Gasteiger partial charge in [0.25, 0.3) is 0 Å². The van der Waals surface area contributed by atoms with E-state index in [2.05, 4.69) is 10.2 Å². The smallest absolute Gasteiger partial charge is 0.153 e. The number of rotatable bonds is 6. The summed E-state index contributed by atoms with van der Waals surface area (Å²) < 4.78 is 28.3. The third kappa shape index (κ3) is 5.21. The maximum absolute atomic E-state index is 11.4. The molecule has 6 heteroatoms. The molecule has 0 atom stereocenters. The van der Waals surface area contributed by atoms with Crippen LogP contribution in [0.5, 0.6) is 5.75 Å². The lowest BCUT2D eigenvalue weighted by molar-refractivity contribution is 0.341. The first-order valence-electron chi connectivity index (χ1n) is 7.50. The van der Waals surface area contributed by atoms with Gasteiger partial charge in [0.2, 0.25) is 0 Å². The van der Waals surface area contributed by atoms with E-state index in [4.69, 9.17) is 4.74 Å². The van der Waals surface area contributed by atoms with Crippen molar-refractivity contribution in [2.75, 3.05) is 49.2 Å². The van der Waals surface area contributed by atoms with Gasteiger partial charge >= 0.3 is 0 Å². The molecular formula is C15H24N2O3S. The Morgan fingerprint density at radius 2 is 1.95 bits per heavy atom. The minimum atomic E-state index is -2.96. The van der Waals surface area contributed by atoms with Crippen molar-refractivity contribution in [1.82, 2.24) is 5.32 Å².